The number of carbonyl (C=O) groups excluding carboxylic acids is 1. The van der Waals surface area contributed by atoms with Gasteiger partial charge in [-0.05, 0) is 56.4 Å². The van der Waals surface area contributed by atoms with E-state index in [0.29, 0.717) is 0 Å². The van der Waals surface area contributed by atoms with Gasteiger partial charge in [0.25, 0.3) is 5.91 Å². The second kappa shape index (κ2) is 4.65. The van der Waals surface area contributed by atoms with Crippen LogP contribution in [0.3, 0.4) is 0 Å². The van der Waals surface area contributed by atoms with Crippen molar-refractivity contribution >= 4 is 16.8 Å². The van der Waals surface area contributed by atoms with Crippen molar-refractivity contribution < 1.29 is 4.79 Å². The lowest BCUT2D eigenvalue weighted by Gasteiger charge is -2.16. The number of hydrogen-bond acceptors (Lipinski definition) is 1. The van der Waals surface area contributed by atoms with Gasteiger partial charge in [0.1, 0.15) is 0 Å². The van der Waals surface area contributed by atoms with Crippen LogP contribution in [0.25, 0.3) is 10.9 Å². The van der Waals surface area contributed by atoms with Crippen LogP contribution in [-0.2, 0) is 7.05 Å². The molecule has 106 valence electrons. The molecule has 3 nitrogen and oxygen atoms in total. The standard InChI is InChI=1S/C17H22N2O/c1-11-12(2)19(4)16-8-7-14(9-15(11)16)17(20)18(3)10-13-5-6-13/h7-9,13H,5-6,10H2,1-4H3. The fourth-order valence-corrected chi connectivity index (χ4v) is 2.88. The molecule has 1 aliphatic rings. The average molecular weight is 270 g/mol. The highest BCUT2D eigenvalue weighted by Gasteiger charge is 2.25. The smallest absolute Gasteiger partial charge is 0.253 e. The molecular weight excluding hydrogens is 248 g/mol. The third-order valence-corrected chi connectivity index (χ3v) is 4.63. The number of amides is 1. The molecule has 3 heteroatoms. The van der Waals surface area contributed by atoms with Gasteiger partial charge in [-0.2, -0.15) is 0 Å². The average Bonchev–Trinajstić information content (AvgIpc) is 3.23. The number of carbonyl (C=O) groups is 1. The summed E-state index contributed by atoms with van der Waals surface area (Å²) >= 11 is 0. The molecule has 1 aromatic heterocycles. The van der Waals surface area contributed by atoms with Crippen molar-refractivity contribution in [3.63, 3.8) is 0 Å². The summed E-state index contributed by atoms with van der Waals surface area (Å²) in [6.45, 7) is 5.14. The first-order valence-electron chi connectivity index (χ1n) is 7.30. The van der Waals surface area contributed by atoms with Crippen molar-refractivity contribution in [2.45, 2.75) is 26.7 Å². The Morgan fingerprint density at radius 2 is 2.05 bits per heavy atom. The summed E-state index contributed by atoms with van der Waals surface area (Å²) in [6, 6.07) is 6.06. The summed E-state index contributed by atoms with van der Waals surface area (Å²) < 4.78 is 2.19. The van der Waals surface area contributed by atoms with Crippen molar-refractivity contribution in [1.29, 1.82) is 0 Å². The zero-order valence-corrected chi connectivity index (χ0v) is 12.7. The lowest BCUT2D eigenvalue weighted by molar-refractivity contribution is 0.0789. The number of hydrogen-bond donors (Lipinski definition) is 0. The first-order valence-corrected chi connectivity index (χ1v) is 7.30. The minimum absolute atomic E-state index is 0.139. The van der Waals surface area contributed by atoms with Crippen LogP contribution < -0.4 is 0 Å². The second-order valence-electron chi connectivity index (χ2n) is 6.13. The van der Waals surface area contributed by atoms with Gasteiger partial charge in [0.05, 0.1) is 0 Å². The Labute approximate surface area is 120 Å². The fraction of sp³-hybridized carbons (Fsp3) is 0.471. The largest absolute Gasteiger partial charge is 0.348 e. The van der Waals surface area contributed by atoms with Crippen LogP contribution >= 0.6 is 0 Å². The molecule has 1 amide bonds. The molecule has 0 N–H and O–H groups in total. The lowest BCUT2D eigenvalue weighted by atomic mass is 10.1. The molecule has 3 rings (SSSR count). The summed E-state index contributed by atoms with van der Waals surface area (Å²) in [5, 5.41) is 1.19. The van der Waals surface area contributed by atoms with E-state index in [1.54, 1.807) is 0 Å². The summed E-state index contributed by atoms with van der Waals surface area (Å²) in [5.41, 5.74) is 4.52. The molecule has 1 saturated carbocycles. The van der Waals surface area contributed by atoms with E-state index in [2.05, 4.69) is 31.5 Å². The zero-order valence-electron chi connectivity index (χ0n) is 12.7. The lowest BCUT2D eigenvalue weighted by Crippen LogP contribution is -2.28. The van der Waals surface area contributed by atoms with Crippen molar-refractivity contribution in [3.05, 3.63) is 35.0 Å². The van der Waals surface area contributed by atoms with Crippen LogP contribution in [-0.4, -0.2) is 29.0 Å². The van der Waals surface area contributed by atoms with E-state index in [4.69, 9.17) is 0 Å². The van der Waals surface area contributed by atoms with Crippen molar-refractivity contribution in [2.75, 3.05) is 13.6 Å². The maximum absolute atomic E-state index is 12.5. The molecular formula is C17H22N2O. The first-order chi connectivity index (χ1) is 9.49. The SMILES string of the molecule is Cc1c(C)n(C)c2ccc(C(=O)N(C)CC3CC3)cc12. The maximum atomic E-state index is 12.5. The van der Waals surface area contributed by atoms with Gasteiger partial charge < -0.3 is 9.47 Å². The van der Waals surface area contributed by atoms with E-state index in [-0.39, 0.29) is 5.91 Å². The Bertz CT molecular complexity index is 680. The van der Waals surface area contributed by atoms with Crippen LogP contribution in [0.15, 0.2) is 18.2 Å². The predicted molar refractivity (Wildman–Crippen MR) is 82.1 cm³/mol. The molecule has 0 radical (unpaired) electrons. The molecule has 20 heavy (non-hydrogen) atoms. The highest BCUT2D eigenvalue weighted by atomic mass is 16.2. The molecule has 0 bridgehead atoms. The minimum Gasteiger partial charge on any atom is -0.348 e. The molecule has 1 fully saturated rings. The predicted octanol–water partition coefficient (Wildman–Crippen LogP) is 3.28. The van der Waals surface area contributed by atoms with E-state index in [1.807, 2.05) is 24.1 Å². The van der Waals surface area contributed by atoms with Gasteiger partial charge >= 0.3 is 0 Å². The molecule has 0 unspecified atom stereocenters. The Hall–Kier alpha value is -1.77. The maximum Gasteiger partial charge on any atom is 0.253 e. The number of nitrogens with zero attached hydrogens (tertiary/aromatic N) is 2. The Balaban J connectivity index is 1.95. The Morgan fingerprint density at radius 1 is 1.35 bits per heavy atom. The molecule has 0 saturated heterocycles. The van der Waals surface area contributed by atoms with Gasteiger partial charge in [0, 0.05) is 42.8 Å². The summed E-state index contributed by atoms with van der Waals surface area (Å²) in [4.78, 5) is 14.3. The zero-order chi connectivity index (χ0) is 14.4. The molecule has 0 aliphatic heterocycles. The van der Waals surface area contributed by atoms with Crippen molar-refractivity contribution in [1.82, 2.24) is 9.47 Å². The van der Waals surface area contributed by atoms with Crippen molar-refractivity contribution in [2.24, 2.45) is 13.0 Å². The topological polar surface area (TPSA) is 25.2 Å². The highest BCUT2D eigenvalue weighted by molar-refractivity contribution is 5.99. The van der Waals surface area contributed by atoms with E-state index in [0.717, 1.165) is 18.0 Å². The van der Waals surface area contributed by atoms with Crippen LogP contribution in [0.5, 0.6) is 0 Å². The summed E-state index contributed by atoms with van der Waals surface area (Å²) in [6.07, 6.45) is 2.54. The van der Waals surface area contributed by atoms with E-state index in [1.165, 1.54) is 35.0 Å². The minimum atomic E-state index is 0.139. The second-order valence-corrected chi connectivity index (χ2v) is 6.13. The van der Waals surface area contributed by atoms with Gasteiger partial charge in [0.15, 0.2) is 0 Å². The van der Waals surface area contributed by atoms with E-state index >= 15 is 0 Å². The van der Waals surface area contributed by atoms with Crippen LogP contribution in [0.2, 0.25) is 0 Å². The van der Waals surface area contributed by atoms with Gasteiger partial charge in [-0.1, -0.05) is 0 Å². The van der Waals surface area contributed by atoms with E-state index < -0.39 is 0 Å². The highest BCUT2D eigenvalue weighted by Crippen LogP contribution is 2.30. The Morgan fingerprint density at radius 3 is 2.70 bits per heavy atom. The molecule has 1 heterocycles. The van der Waals surface area contributed by atoms with Gasteiger partial charge in [0.2, 0.25) is 0 Å². The van der Waals surface area contributed by atoms with Crippen LogP contribution in [0.4, 0.5) is 0 Å². The number of aromatic nitrogens is 1. The van der Waals surface area contributed by atoms with Gasteiger partial charge in [-0.15, -0.1) is 0 Å². The normalized spacial score (nSPS) is 14.8. The van der Waals surface area contributed by atoms with Crippen LogP contribution in [0.1, 0.15) is 34.5 Å². The monoisotopic (exact) mass is 270 g/mol. The third-order valence-electron chi connectivity index (χ3n) is 4.63. The number of rotatable bonds is 3. The summed E-state index contributed by atoms with van der Waals surface area (Å²) in [5.74, 6) is 0.869. The quantitative estimate of drug-likeness (QED) is 0.840. The third kappa shape index (κ3) is 2.11. The fourth-order valence-electron chi connectivity index (χ4n) is 2.88. The first kappa shape index (κ1) is 13.2. The molecule has 1 aromatic carbocycles. The number of aryl methyl sites for hydroxylation is 2. The molecule has 0 atom stereocenters. The van der Waals surface area contributed by atoms with Gasteiger partial charge in [-0.3, -0.25) is 4.79 Å². The Kier molecular flexibility index (Phi) is 3.08. The molecule has 2 aromatic rings. The van der Waals surface area contributed by atoms with Crippen LogP contribution in [0, 0.1) is 19.8 Å². The van der Waals surface area contributed by atoms with Crippen molar-refractivity contribution in [3.8, 4) is 0 Å². The number of fused-ring (bicyclic) bond motifs is 1. The molecule has 0 spiro atoms. The molecule has 1 aliphatic carbocycles. The number of benzene rings is 1. The summed E-state index contributed by atoms with van der Waals surface area (Å²) in [7, 11) is 3.99. The van der Waals surface area contributed by atoms with Gasteiger partial charge in [-0.25, -0.2) is 0 Å². The van der Waals surface area contributed by atoms with E-state index in [9.17, 15) is 4.79 Å².